The molecule has 2 atom stereocenters. The number of nitrogens with two attached hydrogens (primary N) is 1. The van der Waals surface area contributed by atoms with Gasteiger partial charge in [-0.15, -0.1) is 0 Å². The molecule has 4 heteroatoms. The van der Waals surface area contributed by atoms with Crippen LogP contribution in [0.2, 0.25) is 0 Å². The van der Waals surface area contributed by atoms with Crippen LogP contribution in [0.15, 0.2) is 0 Å². The summed E-state index contributed by atoms with van der Waals surface area (Å²) in [5, 5.41) is 0. The van der Waals surface area contributed by atoms with Crippen molar-refractivity contribution in [3.63, 3.8) is 0 Å². The first-order valence-electron chi connectivity index (χ1n) is 6.66. The third-order valence-electron chi connectivity index (χ3n) is 3.22. The molecular weight excluding hydrogens is 216 g/mol. The highest BCUT2D eigenvalue weighted by Gasteiger charge is 2.33. The van der Waals surface area contributed by atoms with E-state index in [-0.39, 0.29) is 17.9 Å². The summed E-state index contributed by atoms with van der Waals surface area (Å²) >= 11 is 0. The Kier molecular flexibility index (Phi) is 5.92. The average molecular weight is 242 g/mol. The first kappa shape index (κ1) is 14.5. The van der Waals surface area contributed by atoms with E-state index in [9.17, 15) is 4.79 Å². The fourth-order valence-electron chi connectivity index (χ4n) is 2.30. The predicted molar refractivity (Wildman–Crippen MR) is 68.6 cm³/mol. The van der Waals surface area contributed by atoms with Crippen molar-refractivity contribution in [2.75, 3.05) is 26.2 Å². The molecule has 0 aliphatic carbocycles. The number of hydrogen-bond donors (Lipinski definition) is 1. The summed E-state index contributed by atoms with van der Waals surface area (Å²) in [6, 6.07) is 0. The second kappa shape index (κ2) is 6.97. The van der Waals surface area contributed by atoms with E-state index in [4.69, 9.17) is 10.5 Å². The number of amides is 1. The van der Waals surface area contributed by atoms with Crippen LogP contribution in [0.4, 0.5) is 0 Å². The van der Waals surface area contributed by atoms with Crippen LogP contribution in [-0.4, -0.2) is 43.2 Å². The highest BCUT2D eigenvalue weighted by Crippen LogP contribution is 2.23. The van der Waals surface area contributed by atoms with Gasteiger partial charge in [0.2, 0.25) is 5.91 Å². The number of ether oxygens (including phenoxy) is 1. The molecule has 0 aromatic carbocycles. The lowest BCUT2D eigenvalue weighted by Gasteiger charge is -2.28. The minimum Gasteiger partial charge on any atom is -0.378 e. The molecule has 0 saturated carbocycles. The highest BCUT2D eigenvalue weighted by molar-refractivity contribution is 5.79. The van der Waals surface area contributed by atoms with Crippen LogP contribution in [0.25, 0.3) is 0 Å². The van der Waals surface area contributed by atoms with Crippen LogP contribution in [0, 0.1) is 11.8 Å². The standard InChI is InChI=1S/C13H26N2O2/c1-10(2)9-15(7-4-6-14)13(16)12-5-8-17-11(12)3/h10-12H,4-9,14H2,1-3H3. The van der Waals surface area contributed by atoms with Gasteiger partial charge in [0.15, 0.2) is 0 Å². The predicted octanol–water partition coefficient (Wildman–Crippen LogP) is 1.24. The van der Waals surface area contributed by atoms with Gasteiger partial charge >= 0.3 is 0 Å². The van der Waals surface area contributed by atoms with E-state index in [0.29, 0.717) is 19.1 Å². The Hall–Kier alpha value is -0.610. The van der Waals surface area contributed by atoms with Crippen LogP contribution < -0.4 is 5.73 Å². The molecule has 0 aromatic heterocycles. The second-order valence-electron chi connectivity index (χ2n) is 5.29. The summed E-state index contributed by atoms with van der Waals surface area (Å²) in [5.41, 5.74) is 5.53. The SMILES string of the molecule is CC(C)CN(CCCN)C(=O)C1CCOC1C. The number of hydrogen-bond acceptors (Lipinski definition) is 3. The van der Waals surface area contributed by atoms with Gasteiger partial charge in [-0.3, -0.25) is 4.79 Å². The van der Waals surface area contributed by atoms with Gasteiger partial charge in [0.25, 0.3) is 0 Å². The zero-order valence-corrected chi connectivity index (χ0v) is 11.3. The molecule has 4 nitrogen and oxygen atoms in total. The van der Waals surface area contributed by atoms with E-state index >= 15 is 0 Å². The summed E-state index contributed by atoms with van der Waals surface area (Å²) in [4.78, 5) is 14.4. The number of carbonyl (C=O) groups is 1. The molecular formula is C13H26N2O2. The zero-order valence-electron chi connectivity index (χ0n) is 11.3. The first-order chi connectivity index (χ1) is 8.06. The maximum atomic E-state index is 12.4. The van der Waals surface area contributed by atoms with Gasteiger partial charge in [-0.05, 0) is 32.2 Å². The van der Waals surface area contributed by atoms with Crippen molar-refractivity contribution in [1.29, 1.82) is 0 Å². The summed E-state index contributed by atoms with van der Waals surface area (Å²) in [6.07, 6.45) is 1.80. The van der Waals surface area contributed by atoms with Gasteiger partial charge in [0.05, 0.1) is 12.0 Å². The summed E-state index contributed by atoms with van der Waals surface area (Å²) < 4.78 is 5.47. The number of carbonyl (C=O) groups excluding carboxylic acids is 1. The zero-order chi connectivity index (χ0) is 12.8. The summed E-state index contributed by atoms with van der Waals surface area (Å²) in [7, 11) is 0. The van der Waals surface area contributed by atoms with Gasteiger partial charge in [-0.25, -0.2) is 0 Å². The van der Waals surface area contributed by atoms with Crippen molar-refractivity contribution >= 4 is 5.91 Å². The Balaban J connectivity index is 2.57. The van der Waals surface area contributed by atoms with Crippen molar-refractivity contribution in [2.24, 2.45) is 17.6 Å². The fraction of sp³-hybridized carbons (Fsp3) is 0.923. The molecule has 2 unspecified atom stereocenters. The van der Waals surface area contributed by atoms with E-state index in [1.54, 1.807) is 0 Å². The maximum absolute atomic E-state index is 12.4. The van der Waals surface area contributed by atoms with Gasteiger partial charge in [0, 0.05) is 19.7 Å². The molecule has 0 spiro atoms. The number of nitrogens with zero attached hydrogens (tertiary/aromatic N) is 1. The molecule has 1 saturated heterocycles. The molecule has 0 radical (unpaired) electrons. The van der Waals surface area contributed by atoms with Crippen molar-refractivity contribution in [1.82, 2.24) is 4.90 Å². The second-order valence-corrected chi connectivity index (χ2v) is 5.29. The van der Waals surface area contributed by atoms with E-state index in [0.717, 1.165) is 25.9 Å². The Morgan fingerprint density at radius 2 is 2.24 bits per heavy atom. The lowest BCUT2D eigenvalue weighted by Crippen LogP contribution is -2.41. The van der Waals surface area contributed by atoms with Gasteiger partial charge in [-0.1, -0.05) is 13.8 Å². The Bertz CT molecular complexity index is 244. The molecule has 0 bridgehead atoms. The summed E-state index contributed by atoms with van der Waals surface area (Å²) in [5.74, 6) is 0.790. The Morgan fingerprint density at radius 1 is 1.53 bits per heavy atom. The average Bonchev–Trinajstić information content (AvgIpc) is 2.69. The molecule has 1 heterocycles. The van der Waals surface area contributed by atoms with Gasteiger partial charge in [0.1, 0.15) is 0 Å². The topological polar surface area (TPSA) is 55.6 Å². The van der Waals surface area contributed by atoms with E-state index in [1.165, 1.54) is 0 Å². The lowest BCUT2D eigenvalue weighted by atomic mass is 10.00. The molecule has 1 amide bonds. The quantitative estimate of drug-likeness (QED) is 0.762. The molecule has 2 N–H and O–H groups in total. The molecule has 1 aliphatic rings. The van der Waals surface area contributed by atoms with Gasteiger partial charge in [-0.2, -0.15) is 0 Å². The van der Waals surface area contributed by atoms with Crippen molar-refractivity contribution in [2.45, 2.75) is 39.7 Å². The van der Waals surface area contributed by atoms with Crippen LogP contribution in [-0.2, 0) is 9.53 Å². The molecule has 100 valence electrons. The number of rotatable bonds is 6. The third kappa shape index (κ3) is 4.28. The minimum atomic E-state index is 0.0477. The van der Waals surface area contributed by atoms with Crippen LogP contribution in [0.5, 0.6) is 0 Å². The first-order valence-corrected chi connectivity index (χ1v) is 6.66. The van der Waals surface area contributed by atoms with Crippen LogP contribution in [0.1, 0.15) is 33.6 Å². The summed E-state index contributed by atoms with van der Waals surface area (Å²) in [6.45, 7) is 9.21. The van der Waals surface area contributed by atoms with Gasteiger partial charge < -0.3 is 15.4 Å². The van der Waals surface area contributed by atoms with E-state index in [1.807, 2.05) is 11.8 Å². The van der Waals surface area contributed by atoms with Crippen molar-refractivity contribution in [3.05, 3.63) is 0 Å². The normalized spacial score (nSPS) is 24.3. The molecule has 0 aromatic rings. The largest absolute Gasteiger partial charge is 0.378 e. The van der Waals surface area contributed by atoms with Crippen molar-refractivity contribution in [3.8, 4) is 0 Å². The smallest absolute Gasteiger partial charge is 0.228 e. The minimum absolute atomic E-state index is 0.0477. The monoisotopic (exact) mass is 242 g/mol. The molecule has 1 aliphatic heterocycles. The Labute approximate surface area is 104 Å². The highest BCUT2D eigenvalue weighted by atomic mass is 16.5. The lowest BCUT2D eigenvalue weighted by molar-refractivity contribution is -0.137. The molecule has 17 heavy (non-hydrogen) atoms. The fourth-order valence-corrected chi connectivity index (χ4v) is 2.30. The Morgan fingerprint density at radius 3 is 2.71 bits per heavy atom. The maximum Gasteiger partial charge on any atom is 0.228 e. The van der Waals surface area contributed by atoms with Crippen LogP contribution >= 0.6 is 0 Å². The van der Waals surface area contributed by atoms with Crippen LogP contribution in [0.3, 0.4) is 0 Å². The molecule has 1 rings (SSSR count). The van der Waals surface area contributed by atoms with Crippen molar-refractivity contribution < 1.29 is 9.53 Å². The van der Waals surface area contributed by atoms with E-state index < -0.39 is 0 Å². The third-order valence-corrected chi connectivity index (χ3v) is 3.22. The van der Waals surface area contributed by atoms with E-state index in [2.05, 4.69) is 13.8 Å². The molecule has 1 fully saturated rings.